The van der Waals surface area contributed by atoms with Crippen molar-refractivity contribution in [2.24, 2.45) is 17.4 Å². The van der Waals surface area contributed by atoms with Crippen molar-refractivity contribution in [3.05, 3.63) is 41.7 Å². The van der Waals surface area contributed by atoms with Crippen molar-refractivity contribution in [3.8, 4) is 11.5 Å². The number of amidine groups is 1. The highest BCUT2D eigenvalue weighted by atomic mass is 16.5. The first-order chi connectivity index (χ1) is 15.0. The maximum absolute atomic E-state index is 8.05. The topological polar surface area (TPSA) is 153 Å². The Kier molecular flexibility index (Phi) is 9.44. The van der Waals surface area contributed by atoms with Crippen LogP contribution >= 0.6 is 0 Å². The lowest BCUT2D eigenvalue weighted by molar-refractivity contribution is 0.223. The summed E-state index contributed by atoms with van der Waals surface area (Å²) >= 11 is 0. The molecule has 0 unspecified atom stereocenters. The second-order valence-electron chi connectivity index (χ2n) is 7.31. The molecule has 0 amide bonds. The van der Waals surface area contributed by atoms with Crippen molar-refractivity contribution in [1.82, 2.24) is 15.1 Å². The van der Waals surface area contributed by atoms with Crippen LogP contribution in [0.2, 0.25) is 0 Å². The Bertz CT molecular complexity index is 830. The van der Waals surface area contributed by atoms with Gasteiger partial charge in [0.05, 0.1) is 24.1 Å². The lowest BCUT2D eigenvalue weighted by Crippen LogP contribution is -2.46. The second kappa shape index (κ2) is 12.0. The molecule has 0 spiro atoms. The van der Waals surface area contributed by atoms with E-state index in [4.69, 9.17) is 20.6 Å². The zero-order valence-electron chi connectivity index (χ0n) is 18.5. The molecule has 2 heterocycles. The molecule has 1 aliphatic rings. The van der Waals surface area contributed by atoms with Crippen molar-refractivity contribution in [2.75, 3.05) is 37.7 Å². The summed E-state index contributed by atoms with van der Waals surface area (Å²) < 4.78 is 11.7. The van der Waals surface area contributed by atoms with Crippen molar-refractivity contribution in [2.45, 2.75) is 33.4 Å². The van der Waals surface area contributed by atoms with Crippen LogP contribution in [-0.2, 0) is 6.54 Å². The van der Waals surface area contributed by atoms with Crippen LogP contribution in [0.15, 0.2) is 30.5 Å². The van der Waals surface area contributed by atoms with Gasteiger partial charge in [0.25, 0.3) is 0 Å². The summed E-state index contributed by atoms with van der Waals surface area (Å²) in [4.78, 5) is 4.61. The molecule has 0 bridgehead atoms. The zero-order valence-corrected chi connectivity index (χ0v) is 18.5. The van der Waals surface area contributed by atoms with Crippen molar-refractivity contribution in [1.29, 1.82) is 5.41 Å². The van der Waals surface area contributed by atoms with Gasteiger partial charge in [0, 0.05) is 52.0 Å². The summed E-state index contributed by atoms with van der Waals surface area (Å²) in [5, 5.41) is 16.2. The second-order valence-corrected chi connectivity index (χ2v) is 7.31. The number of piperazine rings is 1. The number of nitrogen functional groups attached to an aromatic ring is 1. The molecule has 172 valence electrons. The van der Waals surface area contributed by atoms with Crippen LogP contribution in [0.3, 0.4) is 0 Å². The van der Waals surface area contributed by atoms with Gasteiger partial charge in [0.1, 0.15) is 5.84 Å². The molecule has 7 N–H and O–H groups in total. The molecule has 3 rings (SSSR count). The molecule has 31 heavy (non-hydrogen) atoms. The average molecular weight is 433 g/mol. The number of nitrogens with one attached hydrogen (secondary N) is 1. The van der Waals surface area contributed by atoms with Gasteiger partial charge < -0.3 is 20.1 Å². The third kappa shape index (κ3) is 6.78. The lowest BCUT2D eigenvalue weighted by Gasteiger charge is -2.37. The third-order valence-corrected chi connectivity index (χ3v) is 4.74. The minimum Gasteiger partial charge on any atom is -0.490 e. The maximum atomic E-state index is 8.05. The predicted molar refractivity (Wildman–Crippen MR) is 124 cm³/mol. The fourth-order valence-electron chi connectivity index (χ4n) is 3.43. The molecule has 1 aliphatic heterocycles. The maximum Gasteiger partial charge on any atom is 0.163 e. The van der Waals surface area contributed by atoms with Gasteiger partial charge in [-0.25, -0.2) is 0 Å². The monoisotopic (exact) mass is 432 g/mol. The van der Waals surface area contributed by atoms with E-state index in [1.54, 1.807) is 6.20 Å². The number of hydrazine groups is 1. The normalized spacial score (nSPS) is 14.1. The molecule has 10 heteroatoms. The smallest absolute Gasteiger partial charge is 0.163 e. The number of benzene rings is 1. The van der Waals surface area contributed by atoms with Gasteiger partial charge in [0.2, 0.25) is 0 Å². The number of hydrogen-bond donors (Lipinski definition) is 4. The first-order valence-electron chi connectivity index (χ1n) is 10.4. The molecular formula is C21H36N8O2. The third-order valence-electron chi connectivity index (χ3n) is 4.74. The zero-order chi connectivity index (χ0) is 22.8. The summed E-state index contributed by atoms with van der Waals surface area (Å²) in [5.41, 5.74) is 8.46. The standard InChI is InChI=1S/C21H30N6O2.H4N2.H2/c1-4-28-19-12-17(21(22)23)18(13-20(19)29-15(2)3)27-10-8-26(9-11-27)14-16-6-5-7-24-25-16;1-2;/h5-7,12-13,15H,4,8-11,14H2,1-3H3,(H3,22,23);1-2H2;1H. The molecule has 0 aliphatic carbocycles. The molecule has 0 atom stereocenters. The fraction of sp³-hybridized carbons (Fsp3) is 0.476. The van der Waals surface area contributed by atoms with Gasteiger partial charge in [-0.1, -0.05) is 0 Å². The highest BCUT2D eigenvalue weighted by molar-refractivity contribution is 6.01. The first-order valence-corrected chi connectivity index (χ1v) is 10.4. The number of rotatable bonds is 8. The summed E-state index contributed by atoms with van der Waals surface area (Å²) in [6, 6.07) is 7.69. The SMILES string of the molecule is CCOc1cc(C(=N)N)c(N2CCN(Cc3cccnn3)CC2)cc1OC(C)C.NN.[HH]. The molecular weight excluding hydrogens is 396 g/mol. The molecule has 2 aromatic rings. The van der Waals surface area contributed by atoms with E-state index >= 15 is 0 Å². The Hall–Kier alpha value is -2.95. The number of anilines is 1. The summed E-state index contributed by atoms with van der Waals surface area (Å²) in [7, 11) is 0. The van der Waals surface area contributed by atoms with E-state index in [0.717, 1.165) is 44.1 Å². The van der Waals surface area contributed by atoms with E-state index in [9.17, 15) is 0 Å². The minimum absolute atomic E-state index is 0. The molecule has 10 nitrogen and oxygen atoms in total. The van der Waals surface area contributed by atoms with Gasteiger partial charge in [-0.05, 0) is 39.0 Å². The molecule has 1 saturated heterocycles. The summed E-state index contributed by atoms with van der Waals surface area (Å²) in [6.45, 7) is 10.6. The molecule has 1 aromatic heterocycles. The van der Waals surface area contributed by atoms with Gasteiger partial charge in [-0.15, -0.1) is 0 Å². The highest BCUT2D eigenvalue weighted by Crippen LogP contribution is 2.36. The van der Waals surface area contributed by atoms with Crippen LogP contribution < -0.4 is 31.8 Å². The largest absolute Gasteiger partial charge is 0.490 e. The summed E-state index contributed by atoms with van der Waals surface area (Å²) in [6.07, 6.45) is 1.71. The molecule has 0 radical (unpaired) electrons. The van der Waals surface area contributed by atoms with E-state index in [-0.39, 0.29) is 13.4 Å². The Balaban J connectivity index is 0.00000166. The highest BCUT2D eigenvalue weighted by Gasteiger charge is 2.23. The molecule has 0 saturated carbocycles. The van der Waals surface area contributed by atoms with Gasteiger partial charge >= 0.3 is 0 Å². The van der Waals surface area contributed by atoms with Gasteiger partial charge in [-0.3, -0.25) is 22.0 Å². The van der Waals surface area contributed by atoms with Crippen LogP contribution in [0.4, 0.5) is 5.69 Å². The van der Waals surface area contributed by atoms with Crippen molar-refractivity contribution >= 4 is 11.5 Å². The van der Waals surface area contributed by atoms with Gasteiger partial charge in [0.15, 0.2) is 11.5 Å². The van der Waals surface area contributed by atoms with E-state index < -0.39 is 0 Å². The van der Waals surface area contributed by atoms with Gasteiger partial charge in [-0.2, -0.15) is 10.2 Å². The van der Waals surface area contributed by atoms with Crippen LogP contribution in [0, 0.1) is 5.41 Å². The van der Waals surface area contributed by atoms with E-state index in [1.165, 1.54) is 0 Å². The number of hydrogen-bond acceptors (Lipinski definition) is 9. The number of aromatic nitrogens is 2. The summed E-state index contributed by atoms with van der Waals surface area (Å²) in [5.74, 6) is 9.33. The van der Waals surface area contributed by atoms with E-state index in [1.807, 2.05) is 45.0 Å². The van der Waals surface area contributed by atoms with Crippen LogP contribution in [0.25, 0.3) is 0 Å². The quantitative estimate of drug-likeness (QED) is 0.209. The van der Waals surface area contributed by atoms with Crippen LogP contribution in [0.5, 0.6) is 11.5 Å². The number of nitrogens with two attached hydrogens (primary N) is 3. The number of nitrogens with zero attached hydrogens (tertiary/aromatic N) is 4. The minimum atomic E-state index is 0. The molecule has 1 aromatic carbocycles. The lowest BCUT2D eigenvalue weighted by atomic mass is 10.1. The average Bonchev–Trinajstić information content (AvgIpc) is 2.77. The van der Waals surface area contributed by atoms with E-state index in [0.29, 0.717) is 23.7 Å². The van der Waals surface area contributed by atoms with E-state index in [2.05, 4.69) is 31.7 Å². The Labute approximate surface area is 185 Å². The Morgan fingerprint density at radius 2 is 1.90 bits per heavy atom. The number of ether oxygens (including phenoxy) is 2. The van der Waals surface area contributed by atoms with Crippen LogP contribution in [0.1, 0.15) is 33.5 Å². The van der Waals surface area contributed by atoms with Crippen molar-refractivity contribution in [3.63, 3.8) is 0 Å². The fourth-order valence-corrected chi connectivity index (χ4v) is 3.43. The Morgan fingerprint density at radius 1 is 1.19 bits per heavy atom. The van der Waals surface area contributed by atoms with Crippen LogP contribution in [-0.4, -0.2) is 59.8 Å². The predicted octanol–water partition coefficient (Wildman–Crippen LogP) is 1.33. The Morgan fingerprint density at radius 3 is 2.45 bits per heavy atom. The first kappa shape index (κ1) is 24.3. The van der Waals surface area contributed by atoms with Crippen molar-refractivity contribution < 1.29 is 10.9 Å². The molecule has 1 fully saturated rings.